The average Bonchev–Trinajstić information content (AvgIpc) is 2.72. The minimum Gasteiger partial charge on any atom is -0.465 e. The van der Waals surface area contributed by atoms with Crippen LogP contribution in [0.4, 0.5) is 10.6 Å². The molecule has 0 saturated carbocycles. The Bertz CT molecular complexity index is 799. The van der Waals surface area contributed by atoms with E-state index in [0.717, 1.165) is 61.8 Å². The molecule has 0 radical (unpaired) electrons. The first kappa shape index (κ1) is 25.5. The van der Waals surface area contributed by atoms with E-state index in [0.29, 0.717) is 19.7 Å². The average molecular weight is 460 g/mol. The second-order valence-electron chi connectivity index (χ2n) is 10.3. The second-order valence-corrected chi connectivity index (χ2v) is 10.3. The Morgan fingerprint density at radius 2 is 1.88 bits per heavy atom. The number of anilines is 1. The lowest BCUT2D eigenvalue weighted by atomic mass is 9.93. The predicted molar refractivity (Wildman–Crippen MR) is 129 cm³/mol. The maximum Gasteiger partial charge on any atom is 0.416 e. The van der Waals surface area contributed by atoms with E-state index in [9.17, 15) is 9.59 Å². The van der Waals surface area contributed by atoms with Gasteiger partial charge in [0.15, 0.2) is 0 Å². The summed E-state index contributed by atoms with van der Waals surface area (Å²) in [6.45, 7) is 11.1. The Morgan fingerprint density at radius 3 is 2.61 bits per heavy atom. The van der Waals surface area contributed by atoms with Crippen LogP contribution < -0.4 is 4.90 Å². The summed E-state index contributed by atoms with van der Waals surface area (Å²) < 4.78 is 10.6. The molecule has 0 aliphatic carbocycles. The van der Waals surface area contributed by atoms with Crippen molar-refractivity contribution in [3.8, 4) is 0 Å². The molecule has 7 heteroatoms. The summed E-state index contributed by atoms with van der Waals surface area (Å²) in [7, 11) is 0. The Kier molecular flexibility index (Phi) is 9.12. The first-order chi connectivity index (χ1) is 15.7. The lowest BCUT2D eigenvalue weighted by Crippen LogP contribution is -2.49. The number of carbonyl (C=O) groups is 2. The fraction of sp³-hybridized carbons (Fsp3) is 0.731. The van der Waals surface area contributed by atoms with Gasteiger partial charge in [-0.2, -0.15) is 0 Å². The van der Waals surface area contributed by atoms with E-state index in [1.807, 2.05) is 27.7 Å². The van der Waals surface area contributed by atoms with Crippen LogP contribution in [0, 0.1) is 5.92 Å². The Hall–Kier alpha value is -2.15. The third kappa shape index (κ3) is 7.98. The third-order valence-corrected chi connectivity index (χ3v) is 6.20. The zero-order valence-corrected chi connectivity index (χ0v) is 20.9. The number of hydrogen-bond donors (Lipinski definition) is 0. The van der Waals surface area contributed by atoms with Crippen LogP contribution in [0.3, 0.4) is 0 Å². The highest BCUT2D eigenvalue weighted by Gasteiger charge is 2.29. The summed E-state index contributed by atoms with van der Waals surface area (Å²) in [5, 5.41) is 0. The Balaban J connectivity index is 1.35. The molecule has 7 nitrogen and oxygen atoms in total. The molecule has 1 saturated heterocycles. The molecule has 1 aromatic heterocycles. The SMILES string of the molecule is CCOC(=O)CN1CC(CCCCCCc2ccc3c(n2)N(C(=O)OC(C)(C)C)CCC3)C1. The molecule has 1 aromatic rings. The standard InChI is InChI=1S/C26H41N3O4/c1-5-32-23(30)19-28-17-20(18-28)11-8-6-7-9-13-22-15-14-21-12-10-16-29(24(21)27-22)25(31)33-26(2,3)4/h14-15,20H,5-13,16-19H2,1-4H3. The molecule has 0 spiro atoms. The monoisotopic (exact) mass is 459 g/mol. The highest BCUT2D eigenvalue weighted by Crippen LogP contribution is 2.28. The van der Waals surface area contributed by atoms with Crippen molar-refractivity contribution in [2.45, 2.75) is 84.7 Å². The molecule has 0 N–H and O–H groups in total. The van der Waals surface area contributed by atoms with Crippen LogP contribution >= 0.6 is 0 Å². The number of amides is 1. The predicted octanol–water partition coefficient (Wildman–Crippen LogP) is 4.76. The molecule has 0 aromatic carbocycles. The molecular weight excluding hydrogens is 418 g/mol. The number of fused-ring (bicyclic) bond motifs is 1. The van der Waals surface area contributed by atoms with Gasteiger partial charge in [0.25, 0.3) is 0 Å². The van der Waals surface area contributed by atoms with Gasteiger partial charge in [0.05, 0.1) is 13.2 Å². The topological polar surface area (TPSA) is 72.0 Å². The van der Waals surface area contributed by atoms with Gasteiger partial charge < -0.3 is 9.47 Å². The van der Waals surface area contributed by atoms with Crippen molar-refractivity contribution >= 4 is 17.9 Å². The van der Waals surface area contributed by atoms with E-state index in [4.69, 9.17) is 14.5 Å². The summed E-state index contributed by atoms with van der Waals surface area (Å²) >= 11 is 0. The number of rotatable bonds is 10. The van der Waals surface area contributed by atoms with Gasteiger partial charge in [0, 0.05) is 25.3 Å². The second kappa shape index (κ2) is 11.8. The van der Waals surface area contributed by atoms with Gasteiger partial charge in [-0.3, -0.25) is 14.6 Å². The van der Waals surface area contributed by atoms with Crippen molar-refractivity contribution < 1.29 is 19.1 Å². The number of aryl methyl sites for hydroxylation is 2. The van der Waals surface area contributed by atoms with E-state index in [1.165, 1.54) is 25.7 Å². The van der Waals surface area contributed by atoms with Gasteiger partial charge in [-0.15, -0.1) is 0 Å². The van der Waals surface area contributed by atoms with Crippen LogP contribution in [-0.2, 0) is 27.1 Å². The van der Waals surface area contributed by atoms with Crippen LogP contribution in [0.5, 0.6) is 0 Å². The molecular formula is C26H41N3O4. The summed E-state index contributed by atoms with van der Waals surface area (Å²) in [5.41, 5.74) is 1.68. The van der Waals surface area contributed by atoms with Gasteiger partial charge in [-0.1, -0.05) is 25.3 Å². The fourth-order valence-electron chi connectivity index (χ4n) is 4.58. The van der Waals surface area contributed by atoms with Crippen molar-refractivity contribution in [1.82, 2.24) is 9.88 Å². The van der Waals surface area contributed by atoms with Gasteiger partial charge in [0.2, 0.25) is 0 Å². The smallest absolute Gasteiger partial charge is 0.416 e. The van der Waals surface area contributed by atoms with E-state index in [-0.39, 0.29) is 12.1 Å². The summed E-state index contributed by atoms with van der Waals surface area (Å²) in [6.07, 6.45) is 8.53. The Labute approximate surface area is 198 Å². The number of pyridine rings is 1. The van der Waals surface area contributed by atoms with Crippen LogP contribution in [0.2, 0.25) is 0 Å². The van der Waals surface area contributed by atoms with E-state index < -0.39 is 5.60 Å². The molecule has 3 rings (SSSR count). The van der Waals surface area contributed by atoms with Crippen molar-refractivity contribution in [2.24, 2.45) is 5.92 Å². The molecule has 2 aliphatic heterocycles. The summed E-state index contributed by atoms with van der Waals surface area (Å²) in [5.74, 6) is 1.40. The van der Waals surface area contributed by atoms with Crippen molar-refractivity contribution in [1.29, 1.82) is 0 Å². The van der Waals surface area contributed by atoms with Gasteiger partial charge in [-0.25, -0.2) is 9.78 Å². The number of likely N-dealkylation sites (tertiary alicyclic amines) is 1. The number of nitrogens with zero attached hydrogens (tertiary/aromatic N) is 3. The summed E-state index contributed by atoms with van der Waals surface area (Å²) in [6, 6.07) is 4.25. The number of ether oxygens (including phenoxy) is 2. The van der Waals surface area contributed by atoms with E-state index in [2.05, 4.69) is 17.0 Å². The maximum atomic E-state index is 12.6. The lowest BCUT2D eigenvalue weighted by molar-refractivity contribution is -0.146. The highest BCUT2D eigenvalue weighted by atomic mass is 16.6. The molecule has 0 atom stereocenters. The number of aromatic nitrogens is 1. The van der Waals surface area contributed by atoms with Crippen molar-refractivity contribution in [3.63, 3.8) is 0 Å². The lowest BCUT2D eigenvalue weighted by Gasteiger charge is -2.38. The van der Waals surface area contributed by atoms with Crippen molar-refractivity contribution in [2.75, 3.05) is 37.7 Å². The molecule has 1 fully saturated rings. The summed E-state index contributed by atoms with van der Waals surface area (Å²) in [4.78, 5) is 32.9. The van der Waals surface area contributed by atoms with Gasteiger partial charge >= 0.3 is 12.1 Å². The quantitative estimate of drug-likeness (QED) is 0.371. The minimum absolute atomic E-state index is 0.110. The van der Waals surface area contributed by atoms with Crippen LogP contribution in [0.15, 0.2) is 12.1 Å². The molecule has 2 aliphatic rings. The fourth-order valence-corrected chi connectivity index (χ4v) is 4.58. The molecule has 33 heavy (non-hydrogen) atoms. The van der Waals surface area contributed by atoms with Gasteiger partial charge in [-0.05, 0) is 77.3 Å². The zero-order valence-electron chi connectivity index (χ0n) is 20.9. The third-order valence-electron chi connectivity index (χ3n) is 6.20. The molecule has 3 heterocycles. The van der Waals surface area contributed by atoms with Crippen molar-refractivity contribution in [3.05, 3.63) is 23.4 Å². The van der Waals surface area contributed by atoms with E-state index >= 15 is 0 Å². The molecule has 1 amide bonds. The molecule has 0 unspecified atom stereocenters. The number of unbranched alkanes of at least 4 members (excludes halogenated alkanes) is 3. The van der Waals surface area contributed by atoms with Crippen LogP contribution in [0.25, 0.3) is 0 Å². The number of hydrogen-bond acceptors (Lipinski definition) is 6. The zero-order chi connectivity index (χ0) is 23.8. The first-order valence-corrected chi connectivity index (χ1v) is 12.6. The number of carbonyl (C=O) groups excluding carboxylic acids is 2. The maximum absolute atomic E-state index is 12.6. The Morgan fingerprint density at radius 1 is 1.12 bits per heavy atom. The molecule has 184 valence electrons. The van der Waals surface area contributed by atoms with E-state index in [1.54, 1.807) is 4.90 Å². The van der Waals surface area contributed by atoms with Crippen LogP contribution in [-0.4, -0.2) is 60.3 Å². The highest BCUT2D eigenvalue weighted by molar-refractivity contribution is 5.88. The van der Waals surface area contributed by atoms with Gasteiger partial charge in [0.1, 0.15) is 11.4 Å². The largest absolute Gasteiger partial charge is 0.465 e. The van der Waals surface area contributed by atoms with Crippen LogP contribution in [0.1, 0.15) is 77.5 Å². The minimum atomic E-state index is -0.509. The molecule has 0 bridgehead atoms. The first-order valence-electron chi connectivity index (χ1n) is 12.6. The number of esters is 1. The normalized spacial score (nSPS) is 16.8.